The number of nitrogens with zero attached hydrogens (tertiary/aromatic N) is 3. The van der Waals surface area contributed by atoms with E-state index in [-0.39, 0.29) is 34.0 Å². The summed E-state index contributed by atoms with van der Waals surface area (Å²) in [6, 6.07) is 0. The summed E-state index contributed by atoms with van der Waals surface area (Å²) in [7, 11) is 12.1. The van der Waals surface area contributed by atoms with E-state index in [0.29, 0.717) is 0 Å². The molecule has 0 aromatic carbocycles. The van der Waals surface area contributed by atoms with Gasteiger partial charge in [0.1, 0.15) is 0 Å². The predicted octanol–water partition coefficient (Wildman–Crippen LogP) is 3.70. The number of unbranched alkanes of at least 4 members (excludes halogenated alkanes) is 18. The SMILES string of the molecule is CCCCCCCCCCCC[N+](C)(C)CCCN(C)CCC[N+](C)(C)CCCCCCCCCCCC.[Br-].[Br-]. The molecule has 0 aromatic heterocycles. The molecule has 0 rings (SSSR count). The minimum absolute atomic E-state index is 0. The Bertz CT molecular complexity index is 443. The average Bonchev–Trinajstić information content (AvgIpc) is 2.86. The van der Waals surface area contributed by atoms with Crippen LogP contribution in [0.4, 0.5) is 0 Å². The Morgan fingerprint density at radius 2 is 0.575 bits per heavy atom. The van der Waals surface area contributed by atoms with Crippen molar-refractivity contribution < 1.29 is 42.9 Å². The third-order valence-electron chi connectivity index (χ3n) is 8.84. The zero-order valence-electron chi connectivity index (χ0n) is 28.9. The number of hydrogen-bond donors (Lipinski definition) is 0. The van der Waals surface area contributed by atoms with Crippen molar-refractivity contribution in [2.45, 2.75) is 155 Å². The van der Waals surface area contributed by atoms with Gasteiger partial charge in [0.2, 0.25) is 0 Å². The van der Waals surface area contributed by atoms with Crippen LogP contribution in [-0.2, 0) is 0 Å². The Balaban J connectivity index is -0.00000684. The van der Waals surface area contributed by atoms with Crippen LogP contribution in [0.25, 0.3) is 0 Å². The molecule has 0 N–H and O–H groups in total. The van der Waals surface area contributed by atoms with E-state index in [1.807, 2.05) is 0 Å². The molecular weight excluding hydrogens is 622 g/mol. The third-order valence-corrected chi connectivity index (χ3v) is 8.84. The molecule has 246 valence electrons. The van der Waals surface area contributed by atoms with Crippen LogP contribution in [0.2, 0.25) is 0 Å². The van der Waals surface area contributed by atoms with E-state index >= 15 is 0 Å². The first-order valence-corrected chi connectivity index (χ1v) is 17.5. The number of quaternary nitrogens is 2. The molecule has 0 saturated carbocycles. The van der Waals surface area contributed by atoms with Crippen LogP contribution in [-0.4, -0.2) is 88.4 Å². The van der Waals surface area contributed by atoms with Crippen molar-refractivity contribution >= 4 is 0 Å². The van der Waals surface area contributed by atoms with Crippen molar-refractivity contribution in [2.75, 3.05) is 74.5 Å². The topological polar surface area (TPSA) is 3.24 Å². The number of hydrogen-bond acceptors (Lipinski definition) is 1. The first kappa shape index (κ1) is 45.3. The molecule has 0 unspecified atom stereocenters. The maximum atomic E-state index is 2.58. The second-order valence-electron chi connectivity index (χ2n) is 14.1. The van der Waals surface area contributed by atoms with E-state index in [1.165, 1.54) is 189 Å². The number of halogens is 2. The summed E-state index contributed by atoms with van der Waals surface area (Å²) in [6.07, 6.45) is 31.4. The van der Waals surface area contributed by atoms with Gasteiger partial charge in [0.15, 0.2) is 0 Å². The van der Waals surface area contributed by atoms with Crippen LogP contribution in [0, 0.1) is 0 Å². The quantitative estimate of drug-likeness (QED) is 0.0818. The molecule has 0 heterocycles. The summed E-state index contributed by atoms with van der Waals surface area (Å²) in [5.41, 5.74) is 0. The van der Waals surface area contributed by atoms with Crippen molar-refractivity contribution in [2.24, 2.45) is 0 Å². The maximum Gasteiger partial charge on any atom is 0.0794 e. The lowest BCUT2D eigenvalue weighted by atomic mass is 10.1. The van der Waals surface area contributed by atoms with E-state index in [2.05, 4.69) is 54.0 Å². The van der Waals surface area contributed by atoms with Crippen molar-refractivity contribution in [3.8, 4) is 0 Å². The lowest BCUT2D eigenvalue weighted by Crippen LogP contribution is -3.00. The van der Waals surface area contributed by atoms with E-state index < -0.39 is 0 Å². The monoisotopic (exact) mass is 697 g/mol. The van der Waals surface area contributed by atoms with Crippen molar-refractivity contribution in [1.82, 2.24) is 4.90 Å². The fourth-order valence-electron chi connectivity index (χ4n) is 5.93. The molecule has 0 atom stereocenters. The zero-order valence-corrected chi connectivity index (χ0v) is 32.1. The highest BCUT2D eigenvalue weighted by molar-refractivity contribution is 4.54. The number of rotatable bonds is 30. The average molecular weight is 700 g/mol. The molecule has 0 aliphatic carbocycles. The van der Waals surface area contributed by atoms with Gasteiger partial charge in [0.05, 0.1) is 54.4 Å². The minimum Gasteiger partial charge on any atom is -1.00 e. The molecule has 3 nitrogen and oxygen atoms in total. The van der Waals surface area contributed by atoms with Crippen LogP contribution in [0.3, 0.4) is 0 Å². The Kier molecular flexibility index (Phi) is 35.4. The first-order valence-electron chi connectivity index (χ1n) is 17.5. The van der Waals surface area contributed by atoms with Crippen LogP contribution in [0.15, 0.2) is 0 Å². The van der Waals surface area contributed by atoms with Crippen LogP contribution in [0.1, 0.15) is 155 Å². The lowest BCUT2D eigenvalue weighted by molar-refractivity contribution is -0.891. The van der Waals surface area contributed by atoms with Crippen LogP contribution < -0.4 is 34.0 Å². The van der Waals surface area contributed by atoms with Crippen molar-refractivity contribution in [1.29, 1.82) is 0 Å². The summed E-state index contributed by atoms with van der Waals surface area (Å²) in [5, 5.41) is 0. The molecule has 0 saturated heterocycles. The van der Waals surface area contributed by atoms with Crippen LogP contribution >= 0.6 is 0 Å². The Morgan fingerprint density at radius 1 is 0.350 bits per heavy atom. The van der Waals surface area contributed by atoms with Gasteiger partial charge in [-0.15, -0.1) is 0 Å². The van der Waals surface area contributed by atoms with Crippen LogP contribution in [0.5, 0.6) is 0 Å². The Labute approximate surface area is 276 Å². The predicted molar refractivity (Wildman–Crippen MR) is 174 cm³/mol. The summed E-state index contributed by atoms with van der Waals surface area (Å²) in [5.74, 6) is 0. The molecule has 40 heavy (non-hydrogen) atoms. The molecule has 0 fully saturated rings. The second kappa shape index (κ2) is 31.3. The van der Waals surface area contributed by atoms with Gasteiger partial charge in [-0.25, -0.2) is 0 Å². The highest BCUT2D eigenvalue weighted by Gasteiger charge is 2.16. The summed E-state index contributed by atoms with van der Waals surface area (Å²) in [4.78, 5) is 2.58. The summed E-state index contributed by atoms with van der Waals surface area (Å²) < 4.78 is 2.40. The lowest BCUT2D eigenvalue weighted by Gasteiger charge is -2.32. The molecule has 0 amide bonds. The molecule has 0 aliphatic rings. The van der Waals surface area contributed by atoms with E-state index in [4.69, 9.17) is 0 Å². The second-order valence-corrected chi connectivity index (χ2v) is 14.1. The highest BCUT2D eigenvalue weighted by Crippen LogP contribution is 2.13. The van der Waals surface area contributed by atoms with Gasteiger partial charge in [-0.1, -0.05) is 117 Å². The normalized spacial score (nSPS) is 12.0. The highest BCUT2D eigenvalue weighted by atomic mass is 79.9. The van der Waals surface area contributed by atoms with Gasteiger partial charge in [-0.05, 0) is 32.7 Å². The fourth-order valence-corrected chi connectivity index (χ4v) is 5.93. The van der Waals surface area contributed by atoms with Crippen molar-refractivity contribution in [3.05, 3.63) is 0 Å². The van der Waals surface area contributed by atoms with Gasteiger partial charge >= 0.3 is 0 Å². The van der Waals surface area contributed by atoms with Crippen molar-refractivity contribution in [3.63, 3.8) is 0 Å². The molecule has 0 spiro atoms. The van der Waals surface area contributed by atoms with E-state index in [9.17, 15) is 0 Å². The smallest absolute Gasteiger partial charge is 0.0794 e. The standard InChI is InChI=1S/C35H77N3.2BrH/c1-8-10-12-14-16-18-20-22-24-26-32-37(4,5)34-28-30-36(3)31-29-35-38(6,7)33-27-25-23-21-19-17-15-13-11-9-2;;/h8-35H2,1-7H3;2*1H/q+2;;/p-2. The van der Waals surface area contributed by atoms with Gasteiger partial charge < -0.3 is 47.8 Å². The van der Waals surface area contributed by atoms with E-state index in [0.717, 1.165) is 0 Å². The summed E-state index contributed by atoms with van der Waals surface area (Å²) in [6.45, 7) is 12.5. The Hall–Kier alpha value is 0.840. The largest absolute Gasteiger partial charge is 1.00 e. The molecule has 0 bridgehead atoms. The molecule has 0 aliphatic heterocycles. The molecular formula is C35H77Br2N3. The van der Waals surface area contributed by atoms with E-state index in [1.54, 1.807) is 0 Å². The minimum atomic E-state index is 0. The van der Waals surface area contributed by atoms with Gasteiger partial charge in [-0.2, -0.15) is 0 Å². The zero-order chi connectivity index (χ0) is 28.4. The fraction of sp³-hybridized carbons (Fsp3) is 1.00. The third kappa shape index (κ3) is 33.3. The first-order chi connectivity index (χ1) is 18.2. The van der Waals surface area contributed by atoms with Gasteiger partial charge in [-0.3, -0.25) is 0 Å². The van der Waals surface area contributed by atoms with Gasteiger partial charge in [0, 0.05) is 25.9 Å². The molecule has 0 aromatic rings. The molecule has 0 radical (unpaired) electrons. The maximum absolute atomic E-state index is 2.58. The molecule has 5 heteroatoms. The van der Waals surface area contributed by atoms with Gasteiger partial charge in [0.25, 0.3) is 0 Å². The Morgan fingerprint density at radius 3 is 0.850 bits per heavy atom. The summed E-state index contributed by atoms with van der Waals surface area (Å²) >= 11 is 0.